The Kier molecular flexibility index (Phi) is 7.70. The fraction of sp³-hybridized carbons (Fsp3) is 0.444. The molecule has 8 nitrogen and oxygen atoms in total. The van der Waals surface area contributed by atoms with Gasteiger partial charge in [0.25, 0.3) is 0 Å². The Morgan fingerprint density at radius 1 is 1.03 bits per heavy atom. The van der Waals surface area contributed by atoms with Crippen LogP contribution in [0.5, 0.6) is 0 Å². The number of nitrogens with zero attached hydrogens (tertiary/aromatic N) is 1. The molecule has 3 atom stereocenters. The van der Waals surface area contributed by atoms with Gasteiger partial charge in [0.1, 0.15) is 12.6 Å². The molecule has 1 saturated carbocycles. The summed E-state index contributed by atoms with van der Waals surface area (Å²) in [5.74, 6) is -1.64. The van der Waals surface area contributed by atoms with Crippen molar-refractivity contribution in [1.82, 2.24) is 15.5 Å². The van der Waals surface area contributed by atoms with Gasteiger partial charge in [-0.3, -0.25) is 4.79 Å². The molecule has 4 rings (SSSR count). The normalized spacial score (nSPS) is 19.6. The SMILES string of the molecule is CN(C)CCC(NC(=O)[C@H]1CC[C@@H](NC(=O)OCC2c3ccccc3-c3ccccc32)C1)C(=O)O. The van der Waals surface area contributed by atoms with Gasteiger partial charge in [-0.1, -0.05) is 48.5 Å². The summed E-state index contributed by atoms with van der Waals surface area (Å²) < 4.78 is 5.61. The number of carbonyl (C=O) groups excluding carboxylic acids is 2. The fourth-order valence-electron chi connectivity index (χ4n) is 5.09. The van der Waals surface area contributed by atoms with Crippen LogP contribution >= 0.6 is 0 Å². The first-order valence-electron chi connectivity index (χ1n) is 12.1. The lowest BCUT2D eigenvalue weighted by molar-refractivity contribution is -0.142. The van der Waals surface area contributed by atoms with Crippen molar-refractivity contribution in [2.75, 3.05) is 27.2 Å². The van der Waals surface area contributed by atoms with Crippen LogP contribution in [0.4, 0.5) is 4.79 Å². The predicted octanol–water partition coefficient (Wildman–Crippen LogP) is 3.21. The van der Waals surface area contributed by atoms with Gasteiger partial charge in [0.05, 0.1) is 0 Å². The maximum absolute atomic E-state index is 12.6. The summed E-state index contributed by atoms with van der Waals surface area (Å²) >= 11 is 0. The Hall–Kier alpha value is -3.39. The maximum atomic E-state index is 12.6. The van der Waals surface area contributed by atoms with E-state index in [9.17, 15) is 19.5 Å². The van der Waals surface area contributed by atoms with Crippen LogP contribution in [0, 0.1) is 5.92 Å². The van der Waals surface area contributed by atoms with E-state index in [-0.39, 0.29) is 30.4 Å². The van der Waals surface area contributed by atoms with Crippen molar-refractivity contribution in [2.45, 2.75) is 43.7 Å². The molecule has 0 bridgehead atoms. The summed E-state index contributed by atoms with van der Waals surface area (Å²) in [4.78, 5) is 38.6. The second-order valence-electron chi connectivity index (χ2n) is 9.67. The number of rotatable bonds is 9. The lowest BCUT2D eigenvalue weighted by atomic mass is 9.98. The van der Waals surface area contributed by atoms with Crippen molar-refractivity contribution in [1.29, 1.82) is 0 Å². The summed E-state index contributed by atoms with van der Waals surface area (Å²) in [7, 11) is 3.72. The number of hydrogen-bond donors (Lipinski definition) is 3. The van der Waals surface area contributed by atoms with E-state index in [1.807, 2.05) is 43.3 Å². The molecule has 2 amide bonds. The van der Waals surface area contributed by atoms with Crippen LogP contribution in [-0.4, -0.2) is 67.3 Å². The monoisotopic (exact) mass is 479 g/mol. The van der Waals surface area contributed by atoms with Gasteiger partial charge in [0, 0.05) is 24.4 Å². The molecule has 1 unspecified atom stereocenters. The number of alkyl carbamates (subject to hydrolysis) is 1. The van der Waals surface area contributed by atoms with Crippen molar-refractivity contribution in [3.63, 3.8) is 0 Å². The number of carbonyl (C=O) groups is 3. The first-order chi connectivity index (χ1) is 16.8. The summed E-state index contributed by atoms with van der Waals surface area (Å²) in [6, 6.07) is 15.3. The minimum Gasteiger partial charge on any atom is -0.480 e. The molecule has 2 aliphatic carbocycles. The average molecular weight is 480 g/mol. The summed E-state index contributed by atoms with van der Waals surface area (Å²) in [5.41, 5.74) is 4.65. The average Bonchev–Trinajstić information content (AvgIpc) is 3.43. The van der Waals surface area contributed by atoms with Crippen LogP contribution in [0.3, 0.4) is 0 Å². The molecular formula is C27H33N3O5. The van der Waals surface area contributed by atoms with E-state index in [1.54, 1.807) is 0 Å². The van der Waals surface area contributed by atoms with E-state index in [1.165, 1.54) is 11.1 Å². The molecule has 0 aromatic heterocycles. The van der Waals surface area contributed by atoms with Crippen LogP contribution < -0.4 is 10.6 Å². The second kappa shape index (κ2) is 10.9. The molecule has 0 spiro atoms. The molecule has 2 aromatic rings. The van der Waals surface area contributed by atoms with Crippen LogP contribution in [-0.2, 0) is 14.3 Å². The molecule has 0 saturated heterocycles. The Bertz CT molecular complexity index is 1040. The van der Waals surface area contributed by atoms with E-state index < -0.39 is 18.1 Å². The van der Waals surface area contributed by atoms with Crippen LogP contribution in [0.15, 0.2) is 48.5 Å². The lowest BCUT2D eigenvalue weighted by Gasteiger charge is -2.19. The van der Waals surface area contributed by atoms with Gasteiger partial charge in [-0.2, -0.15) is 0 Å². The Morgan fingerprint density at radius 2 is 1.66 bits per heavy atom. The van der Waals surface area contributed by atoms with Gasteiger partial charge in [0.15, 0.2) is 0 Å². The highest BCUT2D eigenvalue weighted by molar-refractivity contribution is 5.85. The number of benzene rings is 2. The molecule has 2 aliphatic rings. The van der Waals surface area contributed by atoms with Crippen LogP contribution in [0.1, 0.15) is 42.7 Å². The number of amides is 2. The predicted molar refractivity (Wildman–Crippen MR) is 132 cm³/mol. The Morgan fingerprint density at radius 3 is 2.26 bits per heavy atom. The number of fused-ring (bicyclic) bond motifs is 3. The summed E-state index contributed by atoms with van der Waals surface area (Å²) in [5, 5.41) is 15.0. The molecule has 0 aliphatic heterocycles. The summed E-state index contributed by atoms with van der Waals surface area (Å²) in [6.07, 6.45) is 1.56. The number of hydrogen-bond acceptors (Lipinski definition) is 5. The third-order valence-electron chi connectivity index (χ3n) is 6.95. The quantitative estimate of drug-likeness (QED) is 0.510. The first-order valence-corrected chi connectivity index (χ1v) is 12.1. The highest BCUT2D eigenvalue weighted by Crippen LogP contribution is 2.44. The zero-order valence-corrected chi connectivity index (χ0v) is 20.2. The number of carboxylic acid groups (broad SMARTS) is 1. The minimum absolute atomic E-state index is 0.00891. The van der Waals surface area contributed by atoms with Crippen molar-refractivity contribution >= 4 is 18.0 Å². The van der Waals surface area contributed by atoms with Gasteiger partial charge >= 0.3 is 12.1 Å². The first kappa shape index (κ1) is 24.7. The second-order valence-corrected chi connectivity index (χ2v) is 9.67. The molecule has 0 radical (unpaired) electrons. The molecule has 3 N–H and O–H groups in total. The van der Waals surface area contributed by atoms with Gasteiger partial charge in [-0.25, -0.2) is 9.59 Å². The fourth-order valence-corrected chi connectivity index (χ4v) is 5.09. The largest absolute Gasteiger partial charge is 0.480 e. The third-order valence-corrected chi connectivity index (χ3v) is 6.95. The number of ether oxygens (including phenoxy) is 1. The molecule has 35 heavy (non-hydrogen) atoms. The van der Waals surface area contributed by atoms with Crippen molar-refractivity contribution in [3.05, 3.63) is 59.7 Å². The maximum Gasteiger partial charge on any atom is 0.407 e. The lowest BCUT2D eigenvalue weighted by Crippen LogP contribution is -2.45. The van der Waals surface area contributed by atoms with Gasteiger partial charge in [-0.05, 0) is 62.0 Å². The standard InChI is InChI=1S/C27H33N3O5/c1-30(2)14-13-24(26(32)33)29-25(31)17-11-12-18(15-17)28-27(34)35-16-23-21-9-5-3-7-19(21)20-8-4-6-10-22(20)23/h3-10,17-18,23-24H,11-16H2,1-2H3,(H,28,34)(H,29,31)(H,32,33)/t17-,18+,24?/m0/s1. The number of aliphatic carboxylic acids is 1. The van der Waals surface area contributed by atoms with Gasteiger partial charge in [-0.15, -0.1) is 0 Å². The third kappa shape index (κ3) is 5.82. The molecule has 1 fully saturated rings. The molecule has 0 heterocycles. The van der Waals surface area contributed by atoms with Crippen LogP contribution in [0.25, 0.3) is 11.1 Å². The number of nitrogens with one attached hydrogen (secondary N) is 2. The van der Waals surface area contributed by atoms with E-state index in [0.29, 0.717) is 32.2 Å². The van der Waals surface area contributed by atoms with Crippen LogP contribution in [0.2, 0.25) is 0 Å². The zero-order valence-electron chi connectivity index (χ0n) is 20.2. The number of carboxylic acids is 1. The van der Waals surface area contributed by atoms with Gasteiger partial charge < -0.3 is 25.4 Å². The molecule has 186 valence electrons. The Labute approximate surface area is 205 Å². The van der Waals surface area contributed by atoms with Crippen molar-refractivity contribution in [2.24, 2.45) is 5.92 Å². The topological polar surface area (TPSA) is 108 Å². The summed E-state index contributed by atoms with van der Waals surface area (Å²) in [6.45, 7) is 0.802. The van der Waals surface area contributed by atoms with Crippen molar-refractivity contribution in [3.8, 4) is 11.1 Å². The highest BCUT2D eigenvalue weighted by Gasteiger charge is 2.34. The van der Waals surface area contributed by atoms with E-state index in [0.717, 1.165) is 11.1 Å². The van der Waals surface area contributed by atoms with Gasteiger partial charge in [0.2, 0.25) is 5.91 Å². The minimum atomic E-state index is -1.04. The smallest absolute Gasteiger partial charge is 0.407 e. The highest BCUT2D eigenvalue weighted by atomic mass is 16.5. The molecular weight excluding hydrogens is 446 g/mol. The van der Waals surface area contributed by atoms with E-state index in [4.69, 9.17) is 4.74 Å². The molecule has 2 aromatic carbocycles. The Balaban J connectivity index is 1.27. The van der Waals surface area contributed by atoms with Crippen molar-refractivity contribution < 1.29 is 24.2 Å². The van der Waals surface area contributed by atoms with E-state index in [2.05, 4.69) is 34.9 Å². The van der Waals surface area contributed by atoms with E-state index >= 15 is 0 Å². The zero-order chi connectivity index (χ0) is 24.9. The molecule has 8 heteroatoms.